The Morgan fingerprint density at radius 2 is 2.19 bits per heavy atom. The van der Waals surface area contributed by atoms with Crippen molar-refractivity contribution in [3.63, 3.8) is 0 Å². The largest absolute Gasteiger partial charge is 0.484 e. The molecule has 4 nitrogen and oxygen atoms in total. The Hall–Kier alpha value is -2.28. The van der Waals surface area contributed by atoms with E-state index in [4.69, 9.17) is 4.74 Å². The van der Waals surface area contributed by atoms with Crippen LogP contribution in [0.3, 0.4) is 0 Å². The highest BCUT2D eigenvalue weighted by Crippen LogP contribution is 2.24. The predicted molar refractivity (Wildman–Crippen MR) is 75.0 cm³/mol. The molecule has 0 saturated carbocycles. The first-order valence-electron chi connectivity index (χ1n) is 6.13. The molecule has 0 aliphatic carbocycles. The van der Waals surface area contributed by atoms with Gasteiger partial charge >= 0.3 is 0 Å². The van der Waals surface area contributed by atoms with Crippen LogP contribution in [0.5, 0.6) is 5.75 Å². The van der Waals surface area contributed by atoms with Gasteiger partial charge in [0, 0.05) is 30.3 Å². The zero-order valence-corrected chi connectivity index (χ0v) is 11.9. The Kier molecular flexibility index (Phi) is 3.66. The molecule has 0 spiro atoms. The van der Waals surface area contributed by atoms with Crippen molar-refractivity contribution in [2.24, 2.45) is 7.05 Å². The molecule has 1 aromatic carbocycles. The van der Waals surface area contributed by atoms with Gasteiger partial charge in [0.1, 0.15) is 17.4 Å². The minimum Gasteiger partial charge on any atom is -0.484 e. The summed E-state index contributed by atoms with van der Waals surface area (Å²) in [5.74, 6) is -1.35. The third kappa shape index (κ3) is 3.08. The summed E-state index contributed by atoms with van der Waals surface area (Å²) < 4.78 is 33.2. The number of aryl methyl sites for hydroxylation is 1. The maximum absolute atomic E-state index is 13.4. The lowest BCUT2D eigenvalue weighted by molar-refractivity contribution is 0.286. The fraction of sp³-hybridized carbons (Fsp3) is 0.143. The number of hydrogen-bond donors (Lipinski definition) is 0. The Labute approximate surface area is 123 Å². The number of ether oxygens (including phenoxy) is 1. The Bertz CT molecular complexity index is 769. The van der Waals surface area contributed by atoms with Gasteiger partial charge in [0.25, 0.3) is 0 Å². The van der Waals surface area contributed by atoms with Crippen LogP contribution >= 0.6 is 11.3 Å². The summed E-state index contributed by atoms with van der Waals surface area (Å²) in [6, 6.07) is 3.21. The number of hydrogen-bond acceptors (Lipinski definition) is 4. The zero-order valence-electron chi connectivity index (χ0n) is 11.1. The van der Waals surface area contributed by atoms with Crippen molar-refractivity contribution in [2.45, 2.75) is 6.61 Å². The molecular weight excluding hydrogens is 296 g/mol. The summed E-state index contributed by atoms with van der Waals surface area (Å²) in [5.41, 5.74) is 1.60. The van der Waals surface area contributed by atoms with E-state index in [-0.39, 0.29) is 12.4 Å². The van der Waals surface area contributed by atoms with Gasteiger partial charge in [-0.05, 0) is 12.1 Å². The quantitative estimate of drug-likeness (QED) is 0.741. The van der Waals surface area contributed by atoms with Gasteiger partial charge in [-0.3, -0.25) is 4.68 Å². The van der Waals surface area contributed by atoms with Gasteiger partial charge in [0.15, 0.2) is 11.6 Å². The Morgan fingerprint density at radius 1 is 1.33 bits per heavy atom. The maximum Gasteiger partial charge on any atom is 0.167 e. The van der Waals surface area contributed by atoms with Crippen LogP contribution in [-0.2, 0) is 13.7 Å². The molecule has 3 rings (SSSR count). The molecule has 0 aliphatic heterocycles. The fourth-order valence-electron chi connectivity index (χ4n) is 1.78. The number of rotatable bonds is 4. The Morgan fingerprint density at radius 3 is 2.90 bits per heavy atom. The van der Waals surface area contributed by atoms with Gasteiger partial charge in [0.05, 0.1) is 11.9 Å². The maximum atomic E-state index is 13.4. The smallest absolute Gasteiger partial charge is 0.167 e. The molecule has 0 N–H and O–H groups in total. The normalized spacial score (nSPS) is 10.8. The molecular formula is C14H11F2N3OS. The number of aromatic nitrogens is 3. The second-order valence-electron chi connectivity index (χ2n) is 4.41. The van der Waals surface area contributed by atoms with Crippen LogP contribution in [0.2, 0.25) is 0 Å². The molecule has 7 heteroatoms. The second-order valence-corrected chi connectivity index (χ2v) is 5.27. The second kappa shape index (κ2) is 5.61. The molecule has 108 valence electrons. The van der Waals surface area contributed by atoms with Crippen molar-refractivity contribution in [3.05, 3.63) is 53.3 Å². The summed E-state index contributed by atoms with van der Waals surface area (Å²) in [4.78, 5) is 4.40. The van der Waals surface area contributed by atoms with Crippen LogP contribution in [0.25, 0.3) is 10.6 Å². The van der Waals surface area contributed by atoms with E-state index in [0.29, 0.717) is 5.69 Å². The molecule has 0 aliphatic rings. The third-order valence-corrected chi connectivity index (χ3v) is 3.71. The van der Waals surface area contributed by atoms with E-state index < -0.39 is 11.6 Å². The number of thiazole rings is 1. The first kappa shape index (κ1) is 13.7. The third-order valence-electron chi connectivity index (χ3n) is 2.77. The minimum absolute atomic E-state index is 0.00678. The summed E-state index contributed by atoms with van der Waals surface area (Å²) in [6.45, 7) is 0.124. The molecule has 0 radical (unpaired) electrons. The van der Waals surface area contributed by atoms with Crippen molar-refractivity contribution in [2.75, 3.05) is 0 Å². The average molecular weight is 307 g/mol. The van der Waals surface area contributed by atoms with E-state index in [1.807, 2.05) is 18.6 Å². The van der Waals surface area contributed by atoms with Gasteiger partial charge < -0.3 is 4.74 Å². The number of benzene rings is 1. The van der Waals surface area contributed by atoms with Crippen molar-refractivity contribution in [1.82, 2.24) is 14.8 Å². The van der Waals surface area contributed by atoms with Gasteiger partial charge in [-0.15, -0.1) is 11.3 Å². The Balaban J connectivity index is 1.70. The van der Waals surface area contributed by atoms with Gasteiger partial charge in [0.2, 0.25) is 0 Å². The van der Waals surface area contributed by atoms with E-state index in [1.165, 1.54) is 17.4 Å². The van der Waals surface area contributed by atoms with Crippen LogP contribution in [0, 0.1) is 11.6 Å². The average Bonchev–Trinajstić information content (AvgIpc) is 3.06. The van der Waals surface area contributed by atoms with Crippen LogP contribution < -0.4 is 4.74 Å². The van der Waals surface area contributed by atoms with Crippen LogP contribution in [0.4, 0.5) is 8.78 Å². The number of nitrogens with zero attached hydrogens (tertiary/aromatic N) is 3. The minimum atomic E-state index is -0.724. The molecule has 0 fully saturated rings. The van der Waals surface area contributed by atoms with E-state index >= 15 is 0 Å². The SMILES string of the molecule is Cn1cc(-c2nc(COc3ccc(F)cc3F)cs2)cn1. The molecule has 2 aromatic heterocycles. The lowest BCUT2D eigenvalue weighted by atomic mass is 10.3. The van der Waals surface area contributed by atoms with Crippen LogP contribution in [-0.4, -0.2) is 14.8 Å². The molecule has 21 heavy (non-hydrogen) atoms. The van der Waals surface area contributed by atoms with E-state index in [1.54, 1.807) is 10.9 Å². The molecule has 0 unspecified atom stereocenters. The van der Waals surface area contributed by atoms with Crippen molar-refractivity contribution in [1.29, 1.82) is 0 Å². The van der Waals surface area contributed by atoms with Gasteiger partial charge in [-0.25, -0.2) is 13.8 Å². The molecule has 0 saturated heterocycles. The first-order valence-corrected chi connectivity index (χ1v) is 7.01. The molecule has 0 amide bonds. The zero-order chi connectivity index (χ0) is 14.8. The van der Waals surface area contributed by atoms with Gasteiger partial charge in [-0.1, -0.05) is 0 Å². The van der Waals surface area contributed by atoms with Crippen molar-refractivity contribution < 1.29 is 13.5 Å². The van der Waals surface area contributed by atoms with E-state index in [2.05, 4.69) is 10.1 Å². The molecule has 0 bridgehead atoms. The molecule has 2 heterocycles. The summed E-state index contributed by atoms with van der Waals surface area (Å²) in [7, 11) is 1.83. The highest BCUT2D eigenvalue weighted by atomic mass is 32.1. The lowest BCUT2D eigenvalue weighted by Gasteiger charge is -2.05. The molecule has 3 aromatic rings. The van der Waals surface area contributed by atoms with Crippen molar-refractivity contribution in [3.8, 4) is 16.3 Å². The fourth-order valence-corrected chi connectivity index (χ4v) is 2.56. The van der Waals surface area contributed by atoms with E-state index in [9.17, 15) is 8.78 Å². The standard InChI is InChI=1S/C14H11F2N3OS/c1-19-6-9(5-17-19)14-18-11(8-21-14)7-20-13-3-2-10(15)4-12(13)16/h2-6,8H,7H2,1H3. The summed E-state index contributed by atoms with van der Waals surface area (Å²) in [6.07, 6.45) is 3.59. The monoisotopic (exact) mass is 307 g/mol. The van der Waals surface area contributed by atoms with E-state index in [0.717, 1.165) is 22.7 Å². The highest BCUT2D eigenvalue weighted by molar-refractivity contribution is 7.13. The predicted octanol–water partition coefficient (Wildman–Crippen LogP) is 3.40. The first-order chi connectivity index (χ1) is 10.1. The van der Waals surface area contributed by atoms with Crippen LogP contribution in [0.15, 0.2) is 36.0 Å². The molecule has 0 atom stereocenters. The lowest BCUT2D eigenvalue weighted by Crippen LogP contribution is -1.98. The summed E-state index contributed by atoms with van der Waals surface area (Å²) >= 11 is 1.46. The summed E-state index contributed by atoms with van der Waals surface area (Å²) in [5, 5.41) is 6.74. The highest BCUT2D eigenvalue weighted by Gasteiger charge is 2.09. The topological polar surface area (TPSA) is 39.9 Å². The van der Waals surface area contributed by atoms with Crippen molar-refractivity contribution >= 4 is 11.3 Å². The van der Waals surface area contributed by atoms with Gasteiger partial charge in [-0.2, -0.15) is 5.10 Å². The van der Waals surface area contributed by atoms with Crippen LogP contribution in [0.1, 0.15) is 5.69 Å². The number of halogens is 2.